The lowest BCUT2D eigenvalue weighted by atomic mass is 10.2. The van der Waals surface area contributed by atoms with Gasteiger partial charge in [0.1, 0.15) is 12.7 Å². The summed E-state index contributed by atoms with van der Waals surface area (Å²) in [5, 5.41) is 9.41. The van der Waals surface area contributed by atoms with Crippen LogP contribution in [0.25, 0.3) is 0 Å². The van der Waals surface area contributed by atoms with Crippen molar-refractivity contribution in [1.29, 1.82) is 0 Å². The van der Waals surface area contributed by atoms with E-state index in [0.717, 1.165) is 25.7 Å². The number of hydrogen-bond acceptors (Lipinski definition) is 4. The summed E-state index contributed by atoms with van der Waals surface area (Å²) < 4.78 is 1.28. The summed E-state index contributed by atoms with van der Waals surface area (Å²) in [5.41, 5.74) is 0. The fourth-order valence-electron chi connectivity index (χ4n) is 1.68. The van der Waals surface area contributed by atoms with Crippen LogP contribution < -0.4 is 10.6 Å². The van der Waals surface area contributed by atoms with Crippen molar-refractivity contribution in [2.75, 3.05) is 13.1 Å². The SMILES string of the molecule is CCCCNC(=O)C(C(=O)NCCCC)n1cncn1. The number of hydrogen-bond donors (Lipinski definition) is 2. The lowest BCUT2D eigenvalue weighted by Crippen LogP contribution is -2.43. The van der Waals surface area contributed by atoms with E-state index in [1.807, 2.05) is 13.8 Å². The largest absolute Gasteiger partial charge is 0.354 e. The maximum absolute atomic E-state index is 12.1. The third-order valence-corrected chi connectivity index (χ3v) is 2.86. The molecule has 0 saturated carbocycles. The number of nitrogens with zero attached hydrogens (tertiary/aromatic N) is 3. The molecule has 1 rings (SSSR count). The molecule has 0 aliphatic rings. The van der Waals surface area contributed by atoms with Gasteiger partial charge in [0.25, 0.3) is 11.8 Å². The first-order chi connectivity index (χ1) is 9.70. The van der Waals surface area contributed by atoms with Crippen molar-refractivity contribution in [1.82, 2.24) is 25.4 Å². The smallest absolute Gasteiger partial charge is 0.254 e. The van der Waals surface area contributed by atoms with Gasteiger partial charge in [0, 0.05) is 13.1 Å². The van der Waals surface area contributed by atoms with Crippen molar-refractivity contribution in [3.05, 3.63) is 12.7 Å². The van der Waals surface area contributed by atoms with Crippen LogP contribution in [0.3, 0.4) is 0 Å². The Morgan fingerprint density at radius 3 is 2.05 bits per heavy atom. The number of nitrogens with one attached hydrogen (secondary N) is 2. The number of aromatic nitrogens is 3. The van der Waals surface area contributed by atoms with Crippen molar-refractivity contribution in [3.8, 4) is 0 Å². The molecule has 1 aromatic rings. The summed E-state index contributed by atoms with van der Waals surface area (Å²) in [5.74, 6) is -0.698. The number of amides is 2. The molecule has 0 unspecified atom stereocenters. The van der Waals surface area contributed by atoms with E-state index in [9.17, 15) is 9.59 Å². The Morgan fingerprint density at radius 2 is 1.65 bits per heavy atom. The van der Waals surface area contributed by atoms with Crippen molar-refractivity contribution in [2.24, 2.45) is 0 Å². The first-order valence-corrected chi connectivity index (χ1v) is 7.10. The molecule has 7 nitrogen and oxygen atoms in total. The highest BCUT2D eigenvalue weighted by Gasteiger charge is 2.28. The van der Waals surface area contributed by atoms with Crippen molar-refractivity contribution in [2.45, 2.75) is 45.6 Å². The minimum Gasteiger partial charge on any atom is -0.354 e. The Balaban J connectivity index is 2.65. The van der Waals surface area contributed by atoms with Crippen LogP contribution in [0.15, 0.2) is 12.7 Å². The van der Waals surface area contributed by atoms with Gasteiger partial charge < -0.3 is 10.6 Å². The fourth-order valence-corrected chi connectivity index (χ4v) is 1.68. The van der Waals surface area contributed by atoms with Crippen LogP contribution in [0, 0.1) is 0 Å². The third-order valence-electron chi connectivity index (χ3n) is 2.86. The van der Waals surface area contributed by atoms with E-state index in [-0.39, 0.29) is 11.8 Å². The number of rotatable bonds is 9. The van der Waals surface area contributed by atoms with Gasteiger partial charge in [0.15, 0.2) is 0 Å². The molecule has 0 spiro atoms. The minimum atomic E-state index is -0.994. The first-order valence-electron chi connectivity index (χ1n) is 7.10. The van der Waals surface area contributed by atoms with Crippen LogP contribution in [0.4, 0.5) is 0 Å². The molecule has 112 valence electrons. The fraction of sp³-hybridized carbons (Fsp3) is 0.692. The van der Waals surface area contributed by atoms with Crippen LogP contribution in [-0.2, 0) is 9.59 Å². The molecule has 0 aliphatic carbocycles. The molecular weight excluding hydrogens is 258 g/mol. The predicted molar refractivity (Wildman–Crippen MR) is 74.9 cm³/mol. The Kier molecular flexibility index (Phi) is 7.31. The van der Waals surface area contributed by atoms with E-state index in [1.165, 1.54) is 17.3 Å². The quantitative estimate of drug-likeness (QED) is 0.514. The van der Waals surface area contributed by atoms with E-state index in [0.29, 0.717) is 13.1 Å². The molecule has 7 heteroatoms. The van der Waals surface area contributed by atoms with Gasteiger partial charge in [-0.05, 0) is 12.8 Å². The van der Waals surface area contributed by atoms with E-state index >= 15 is 0 Å². The second-order valence-electron chi connectivity index (χ2n) is 4.57. The van der Waals surface area contributed by atoms with Gasteiger partial charge in [0.05, 0.1) is 0 Å². The molecule has 0 saturated heterocycles. The van der Waals surface area contributed by atoms with E-state index < -0.39 is 6.04 Å². The van der Waals surface area contributed by atoms with Crippen LogP contribution in [-0.4, -0.2) is 39.7 Å². The lowest BCUT2D eigenvalue weighted by molar-refractivity contribution is -0.134. The maximum atomic E-state index is 12.1. The highest BCUT2D eigenvalue weighted by atomic mass is 16.2. The number of carbonyl (C=O) groups excluding carboxylic acids is 2. The molecule has 2 amide bonds. The lowest BCUT2D eigenvalue weighted by Gasteiger charge is -2.16. The third kappa shape index (κ3) is 4.99. The summed E-state index contributed by atoms with van der Waals surface area (Å²) in [6.45, 7) is 5.20. The topological polar surface area (TPSA) is 88.9 Å². The summed E-state index contributed by atoms with van der Waals surface area (Å²) in [6, 6.07) is -0.994. The van der Waals surface area contributed by atoms with E-state index in [1.54, 1.807) is 0 Å². The molecule has 20 heavy (non-hydrogen) atoms. The highest BCUT2D eigenvalue weighted by Crippen LogP contribution is 2.05. The molecule has 2 N–H and O–H groups in total. The average molecular weight is 281 g/mol. The zero-order valence-corrected chi connectivity index (χ0v) is 12.1. The molecule has 0 bridgehead atoms. The highest BCUT2D eigenvalue weighted by molar-refractivity contribution is 6.02. The number of unbranched alkanes of at least 4 members (excludes halogenated alkanes) is 2. The monoisotopic (exact) mass is 281 g/mol. The van der Waals surface area contributed by atoms with Crippen molar-refractivity contribution in [3.63, 3.8) is 0 Å². The second kappa shape index (κ2) is 9.06. The van der Waals surface area contributed by atoms with E-state index in [4.69, 9.17) is 0 Å². The molecule has 0 aliphatic heterocycles. The summed E-state index contributed by atoms with van der Waals surface area (Å²) in [7, 11) is 0. The van der Waals surface area contributed by atoms with E-state index in [2.05, 4.69) is 20.7 Å². The maximum Gasteiger partial charge on any atom is 0.254 e. The van der Waals surface area contributed by atoms with Gasteiger partial charge in [-0.1, -0.05) is 26.7 Å². The molecule has 0 atom stereocenters. The number of carbonyl (C=O) groups is 2. The summed E-state index contributed by atoms with van der Waals surface area (Å²) in [4.78, 5) is 28.1. The molecule has 1 aromatic heterocycles. The van der Waals surface area contributed by atoms with Gasteiger partial charge >= 0.3 is 0 Å². The zero-order valence-electron chi connectivity index (χ0n) is 12.1. The summed E-state index contributed by atoms with van der Waals surface area (Å²) in [6.07, 6.45) is 6.42. The van der Waals surface area contributed by atoms with Gasteiger partial charge in [-0.15, -0.1) is 0 Å². The Hall–Kier alpha value is -1.92. The van der Waals surface area contributed by atoms with Crippen LogP contribution in [0.2, 0.25) is 0 Å². The van der Waals surface area contributed by atoms with Gasteiger partial charge in [0.2, 0.25) is 6.04 Å². The Morgan fingerprint density at radius 1 is 1.10 bits per heavy atom. The van der Waals surface area contributed by atoms with Gasteiger partial charge in [-0.25, -0.2) is 9.67 Å². The molecule has 0 fully saturated rings. The zero-order chi connectivity index (χ0) is 14.8. The summed E-state index contributed by atoms with van der Waals surface area (Å²) >= 11 is 0. The minimum absolute atomic E-state index is 0.349. The molecule has 0 radical (unpaired) electrons. The Bertz CT molecular complexity index is 383. The standard InChI is InChI=1S/C13H23N5O2/c1-3-5-7-15-12(19)11(18-10-14-9-17-18)13(20)16-8-6-4-2/h9-11H,3-8H2,1-2H3,(H,15,19)(H,16,20). The molecule has 0 aromatic carbocycles. The van der Waals surface area contributed by atoms with Crippen LogP contribution in [0.1, 0.15) is 45.6 Å². The van der Waals surface area contributed by atoms with Gasteiger partial charge in [-0.2, -0.15) is 5.10 Å². The normalized spacial score (nSPS) is 10.6. The van der Waals surface area contributed by atoms with Gasteiger partial charge in [-0.3, -0.25) is 9.59 Å². The second-order valence-corrected chi connectivity index (χ2v) is 4.57. The molecule has 1 heterocycles. The van der Waals surface area contributed by atoms with Crippen molar-refractivity contribution < 1.29 is 9.59 Å². The average Bonchev–Trinajstić information content (AvgIpc) is 2.93. The van der Waals surface area contributed by atoms with Crippen molar-refractivity contribution >= 4 is 11.8 Å². The van der Waals surface area contributed by atoms with Crippen LogP contribution in [0.5, 0.6) is 0 Å². The Labute approximate surface area is 119 Å². The molecular formula is C13H23N5O2. The first kappa shape index (κ1) is 16.1. The predicted octanol–water partition coefficient (Wildman–Crippen LogP) is 0.652. The van der Waals surface area contributed by atoms with Crippen LogP contribution >= 0.6 is 0 Å².